The van der Waals surface area contributed by atoms with Crippen molar-refractivity contribution in [3.63, 3.8) is 0 Å². The van der Waals surface area contributed by atoms with E-state index >= 15 is 0 Å². The lowest BCUT2D eigenvalue weighted by Crippen LogP contribution is -2.54. The van der Waals surface area contributed by atoms with Crippen molar-refractivity contribution in [2.24, 2.45) is 15.8 Å². The lowest BCUT2D eigenvalue weighted by molar-refractivity contribution is -0.128. The van der Waals surface area contributed by atoms with Gasteiger partial charge in [-0.1, -0.05) is 42.1 Å². The maximum atomic E-state index is 14.7. The van der Waals surface area contributed by atoms with E-state index in [1.807, 2.05) is 30.3 Å². The molecule has 32 heavy (non-hydrogen) atoms. The van der Waals surface area contributed by atoms with Gasteiger partial charge in [0.05, 0.1) is 0 Å². The Balaban J connectivity index is 1.93. The summed E-state index contributed by atoms with van der Waals surface area (Å²) in [6.45, 7) is 3.90. The van der Waals surface area contributed by atoms with E-state index in [-0.39, 0.29) is 12.2 Å². The van der Waals surface area contributed by atoms with Crippen LogP contribution in [-0.4, -0.2) is 40.5 Å². The van der Waals surface area contributed by atoms with Gasteiger partial charge in [-0.3, -0.25) is 4.79 Å². The summed E-state index contributed by atoms with van der Waals surface area (Å²) in [6.07, 6.45) is 1.17. The number of benzene rings is 2. The molecule has 2 N–H and O–H groups in total. The van der Waals surface area contributed by atoms with Gasteiger partial charge in [-0.15, -0.1) is 0 Å². The number of amidine groups is 1. The maximum Gasteiger partial charge on any atom is 0.273 e. The smallest absolute Gasteiger partial charge is 0.273 e. The van der Waals surface area contributed by atoms with E-state index < -0.39 is 28.0 Å². The first kappa shape index (κ1) is 22.6. The van der Waals surface area contributed by atoms with Gasteiger partial charge in [0.15, 0.2) is 5.84 Å². The summed E-state index contributed by atoms with van der Waals surface area (Å²) < 4.78 is 34.5. The van der Waals surface area contributed by atoms with E-state index in [2.05, 4.69) is 4.99 Å². The van der Waals surface area contributed by atoms with E-state index in [9.17, 15) is 13.6 Å². The molecule has 1 amide bonds. The molecule has 2 aliphatic rings. The Hall–Kier alpha value is -2.62. The molecule has 168 valence electrons. The third-order valence-corrected chi connectivity index (χ3v) is 6.87. The van der Waals surface area contributed by atoms with Crippen LogP contribution >= 0.6 is 11.8 Å². The molecule has 9 heteroatoms. The zero-order chi connectivity index (χ0) is 22.9. The first-order chi connectivity index (χ1) is 15.3. The molecule has 1 unspecified atom stereocenters. The van der Waals surface area contributed by atoms with Crippen LogP contribution in [0.5, 0.6) is 0 Å². The van der Waals surface area contributed by atoms with Gasteiger partial charge < -0.3 is 10.5 Å². The van der Waals surface area contributed by atoms with Gasteiger partial charge in [-0.25, -0.2) is 13.8 Å². The number of carbonyl (C=O) groups is 1. The Bertz CT molecular complexity index is 1090. The zero-order valence-corrected chi connectivity index (χ0v) is 18.7. The quantitative estimate of drug-likeness (QED) is 0.733. The normalized spacial score (nSPS) is 22.7. The summed E-state index contributed by atoms with van der Waals surface area (Å²) in [4.78, 5) is 15.6. The fraction of sp³-hybridized carbons (Fsp3) is 0.348. The Labute approximate surface area is 189 Å². The predicted molar refractivity (Wildman–Crippen MR) is 121 cm³/mol. The topological polar surface area (TPSA) is 80.3 Å². The highest BCUT2D eigenvalue weighted by atomic mass is 32.2. The number of nitrogens with two attached hydrogens (primary N) is 1. The molecule has 0 bridgehead atoms. The van der Waals surface area contributed by atoms with Crippen molar-refractivity contribution in [3.8, 4) is 0 Å². The van der Waals surface area contributed by atoms with E-state index in [1.165, 1.54) is 11.8 Å². The van der Waals surface area contributed by atoms with Crippen LogP contribution in [0.1, 0.15) is 37.8 Å². The number of rotatable bonds is 5. The predicted octanol–water partition coefficient (Wildman–Crippen LogP) is 4.00. The summed E-state index contributed by atoms with van der Waals surface area (Å²) in [6, 6.07) is 12.8. The van der Waals surface area contributed by atoms with Crippen molar-refractivity contribution >= 4 is 28.5 Å². The van der Waals surface area contributed by atoms with Crippen LogP contribution in [0.3, 0.4) is 0 Å². The molecule has 2 aliphatic heterocycles. The highest BCUT2D eigenvalue weighted by molar-refractivity contribution is 8.15. The number of hydrazone groups is 1. The number of nitrogens with zero attached hydrogens (tertiary/aromatic N) is 3. The molecule has 0 saturated heterocycles. The second-order valence-corrected chi connectivity index (χ2v) is 9.38. The van der Waals surface area contributed by atoms with Crippen molar-refractivity contribution in [1.29, 1.82) is 0 Å². The molecule has 0 saturated carbocycles. The molecule has 0 fully saturated rings. The second-order valence-electron chi connectivity index (χ2n) is 8.11. The molecule has 0 radical (unpaired) electrons. The van der Waals surface area contributed by atoms with Gasteiger partial charge in [0.25, 0.3) is 5.91 Å². The second kappa shape index (κ2) is 8.73. The van der Waals surface area contributed by atoms with Gasteiger partial charge in [-0.2, -0.15) is 10.1 Å². The summed E-state index contributed by atoms with van der Waals surface area (Å²) >= 11 is 1.30. The number of amides is 1. The molecule has 1 atom stereocenters. The van der Waals surface area contributed by atoms with Crippen molar-refractivity contribution in [3.05, 3.63) is 71.3 Å². The average Bonchev–Trinajstić information content (AvgIpc) is 3.16. The van der Waals surface area contributed by atoms with E-state index in [0.29, 0.717) is 30.3 Å². The Morgan fingerprint density at radius 3 is 2.66 bits per heavy atom. The molecular formula is C23H24F2N4O2S. The largest absolute Gasteiger partial charge is 0.358 e. The van der Waals surface area contributed by atoms with Crippen LogP contribution in [0.2, 0.25) is 0 Å². The standard InChI is InChI=1S/C23H24F2N4O2S/c1-22(2)21(27-19(30)14-31-22)29-23(11-6-12-26,15-7-4-3-5-8-15)32-20(28-29)17-13-16(24)9-10-18(17)25/h3-5,7-10,13H,6,11-12,14,26H2,1-2H3. The van der Waals surface area contributed by atoms with Crippen LogP contribution < -0.4 is 5.73 Å². The third-order valence-electron chi connectivity index (χ3n) is 5.43. The number of hydrogen-bond donors (Lipinski definition) is 1. The molecule has 0 aromatic heterocycles. The van der Waals surface area contributed by atoms with Crippen LogP contribution in [0, 0.1) is 11.6 Å². The lowest BCUT2D eigenvalue weighted by atomic mass is 9.97. The molecular weight excluding hydrogens is 434 g/mol. The summed E-state index contributed by atoms with van der Waals surface area (Å²) in [5, 5.41) is 6.63. The lowest BCUT2D eigenvalue weighted by Gasteiger charge is -2.42. The minimum atomic E-state index is -0.920. The fourth-order valence-corrected chi connectivity index (χ4v) is 5.22. The van der Waals surface area contributed by atoms with Crippen LogP contribution in [0.4, 0.5) is 8.78 Å². The van der Waals surface area contributed by atoms with Crippen molar-refractivity contribution < 1.29 is 18.3 Å². The van der Waals surface area contributed by atoms with Gasteiger partial charge in [0, 0.05) is 5.56 Å². The monoisotopic (exact) mass is 458 g/mol. The molecule has 2 aromatic rings. The third kappa shape index (κ3) is 4.07. The van der Waals surface area contributed by atoms with Gasteiger partial charge >= 0.3 is 0 Å². The molecule has 2 heterocycles. The summed E-state index contributed by atoms with van der Waals surface area (Å²) in [5.74, 6) is -1.26. The maximum absolute atomic E-state index is 14.7. The van der Waals surface area contributed by atoms with Gasteiger partial charge in [0.1, 0.15) is 33.8 Å². The molecule has 6 nitrogen and oxygen atoms in total. The minimum absolute atomic E-state index is 0.0482. The Kier molecular flexibility index (Phi) is 6.15. The number of thioether (sulfide) groups is 1. The number of aliphatic imine (C=N–C) groups is 1. The van der Waals surface area contributed by atoms with Gasteiger partial charge in [-0.05, 0) is 57.0 Å². The zero-order valence-electron chi connectivity index (χ0n) is 17.8. The van der Waals surface area contributed by atoms with E-state index in [1.54, 1.807) is 18.9 Å². The first-order valence-corrected chi connectivity index (χ1v) is 11.1. The summed E-state index contributed by atoms with van der Waals surface area (Å²) in [7, 11) is 0. The summed E-state index contributed by atoms with van der Waals surface area (Å²) in [5.41, 5.74) is 5.86. The van der Waals surface area contributed by atoms with Gasteiger partial charge in [0.2, 0.25) is 0 Å². The number of hydrogen-bond acceptors (Lipinski definition) is 6. The van der Waals surface area contributed by atoms with Crippen molar-refractivity contribution in [2.45, 2.75) is 37.2 Å². The van der Waals surface area contributed by atoms with E-state index in [0.717, 1.165) is 23.8 Å². The van der Waals surface area contributed by atoms with Crippen molar-refractivity contribution in [1.82, 2.24) is 5.01 Å². The number of halogens is 2. The molecule has 2 aromatic carbocycles. The highest BCUT2D eigenvalue weighted by Gasteiger charge is 2.51. The molecule has 0 aliphatic carbocycles. The first-order valence-electron chi connectivity index (χ1n) is 10.3. The SMILES string of the molecule is CC1(C)OCC(=O)N=C1N1N=C(c2cc(F)ccc2F)SC1(CCCN)c1ccccc1. The van der Waals surface area contributed by atoms with Crippen LogP contribution in [-0.2, 0) is 14.4 Å². The van der Waals surface area contributed by atoms with Crippen molar-refractivity contribution in [2.75, 3.05) is 13.2 Å². The Morgan fingerprint density at radius 2 is 1.94 bits per heavy atom. The molecule has 4 rings (SSSR count). The van der Waals surface area contributed by atoms with E-state index in [4.69, 9.17) is 15.6 Å². The Morgan fingerprint density at radius 1 is 1.19 bits per heavy atom. The fourth-order valence-electron chi connectivity index (χ4n) is 3.80. The van der Waals surface area contributed by atoms with Crippen LogP contribution in [0.25, 0.3) is 0 Å². The average molecular weight is 459 g/mol. The number of carbonyl (C=O) groups excluding carboxylic acids is 1. The minimum Gasteiger partial charge on any atom is -0.358 e. The molecule has 0 spiro atoms. The number of ether oxygens (including phenoxy) is 1. The highest BCUT2D eigenvalue weighted by Crippen LogP contribution is 2.51. The van der Waals surface area contributed by atoms with Crippen LogP contribution in [0.15, 0.2) is 58.6 Å².